The van der Waals surface area contributed by atoms with Gasteiger partial charge in [0.25, 0.3) is 22.0 Å². The van der Waals surface area contributed by atoms with Crippen LogP contribution in [0.25, 0.3) is 0 Å². The Morgan fingerprint density at radius 1 is 0.569 bits per heavy atom. The van der Waals surface area contributed by atoms with Crippen molar-refractivity contribution in [2.75, 3.05) is 19.8 Å². The fourth-order valence-corrected chi connectivity index (χ4v) is 7.11. The molecule has 1 fully saturated rings. The van der Waals surface area contributed by atoms with Crippen molar-refractivity contribution in [3.63, 3.8) is 0 Å². The van der Waals surface area contributed by atoms with E-state index in [9.17, 15) is 76.4 Å². The molecule has 0 unspecified atom stereocenters. The van der Waals surface area contributed by atoms with E-state index in [0.717, 1.165) is 0 Å². The molecule has 0 aliphatic carbocycles. The van der Waals surface area contributed by atoms with Crippen LogP contribution in [0.3, 0.4) is 0 Å². The zero-order valence-electron chi connectivity index (χ0n) is 23.4. The number of rotatable bonds is 23. The van der Waals surface area contributed by atoms with Gasteiger partial charge in [0, 0.05) is 0 Å². The van der Waals surface area contributed by atoms with Crippen molar-refractivity contribution in [3.05, 3.63) is 0 Å². The lowest BCUT2D eigenvalue weighted by molar-refractivity contribution is -0.262. The van der Waals surface area contributed by atoms with Crippen LogP contribution in [0.4, 0.5) is 0 Å². The first-order chi connectivity index (χ1) is 22.6. The first-order valence-corrected chi connectivity index (χ1v) is 21.8. The molecule has 32 nitrogen and oxygen atoms in total. The summed E-state index contributed by atoms with van der Waals surface area (Å²) >= 11 is 0. The molecule has 306 valence electrons. The van der Waals surface area contributed by atoms with E-state index in [-0.39, 0.29) is 0 Å². The molecule has 51 heavy (non-hydrogen) atoms. The minimum atomic E-state index is -6.17. The highest BCUT2D eigenvalue weighted by atomic mass is 32.3. The predicted octanol–water partition coefficient (Wildman–Crippen LogP) is -7.06. The second kappa shape index (κ2) is 18.5. The third kappa shape index (κ3) is 20.9. The molecule has 1 aliphatic heterocycles. The van der Waals surface area contributed by atoms with E-state index in [1.807, 2.05) is 0 Å². The van der Waals surface area contributed by atoms with Gasteiger partial charge in [0.05, 0.1) is 19.8 Å². The van der Waals surface area contributed by atoms with Crippen LogP contribution in [0.15, 0.2) is 0 Å². The van der Waals surface area contributed by atoms with Crippen LogP contribution >= 0.6 is 0 Å². The summed E-state index contributed by atoms with van der Waals surface area (Å²) < 4.78 is 279. The second-order valence-electron chi connectivity index (χ2n) is 8.50. The molecule has 1 aliphatic rings. The van der Waals surface area contributed by atoms with Crippen LogP contribution in [-0.2, 0) is 127 Å². The maximum atomic E-state index is 11.7. The fraction of sp³-hybridized carbons (Fsp3) is 1.00. The smallest absolute Gasteiger partial charge is 0.347 e. The molecule has 1 saturated heterocycles. The Morgan fingerprint density at radius 3 is 1.41 bits per heavy atom. The van der Waals surface area contributed by atoms with Gasteiger partial charge < -0.3 is 9.47 Å². The van der Waals surface area contributed by atoms with Crippen LogP contribution in [0.1, 0.15) is 0 Å². The first kappa shape index (κ1) is 48.0. The molecule has 6 N–H and O–H groups in total. The minimum absolute atomic E-state index is 1.29. The monoisotopic (exact) mass is 922 g/mol. The number of thiol groups is 2. The quantitative estimate of drug-likeness (QED) is 0.0349. The van der Waals surface area contributed by atoms with E-state index >= 15 is 0 Å². The van der Waals surface area contributed by atoms with E-state index < -0.39 is 153 Å². The summed E-state index contributed by atoms with van der Waals surface area (Å²) in [6, 6.07) is 0. The highest BCUT2D eigenvalue weighted by Crippen LogP contribution is 2.29. The molecule has 0 aromatic rings. The lowest BCUT2D eigenvalue weighted by Crippen LogP contribution is -2.59. The fourth-order valence-electron chi connectivity index (χ4n) is 3.50. The van der Waals surface area contributed by atoms with Crippen molar-refractivity contribution in [1.29, 1.82) is 0 Å². The number of ether oxygens (including phenoxy) is 2. The van der Waals surface area contributed by atoms with E-state index in [2.05, 4.69) is 33.5 Å². The van der Waals surface area contributed by atoms with Crippen LogP contribution in [0.2, 0.25) is 0 Å². The molecule has 0 radical (unpaired) electrons. The lowest BCUT2D eigenvalue weighted by Gasteiger charge is -2.39. The average Bonchev–Trinajstić information content (AvgIpc) is 2.85. The summed E-state index contributed by atoms with van der Waals surface area (Å²) in [5.41, 5.74) is 0. The van der Waals surface area contributed by atoms with Crippen molar-refractivity contribution in [1.82, 2.24) is 0 Å². The van der Waals surface area contributed by atoms with Crippen molar-refractivity contribution in [3.8, 4) is 0 Å². The molecule has 1 heterocycles. The average molecular weight is 923 g/mol. The van der Waals surface area contributed by atoms with Gasteiger partial charge in [0.2, 0.25) is 0 Å². The van der Waals surface area contributed by atoms with E-state index in [4.69, 9.17) is 27.7 Å². The summed E-state index contributed by atoms with van der Waals surface area (Å²) in [5.74, 6) is 0. The molecule has 0 aromatic carbocycles. The highest BCUT2D eigenvalue weighted by Gasteiger charge is 2.51. The summed E-state index contributed by atoms with van der Waals surface area (Å²) in [6.45, 7) is -5.31. The van der Waals surface area contributed by atoms with Gasteiger partial charge in [-0.25, -0.2) is 41.9 Å². The van der Waals surface area contributed by atoms with Crippen LogP contribution in [0.5, 0.6) is 0 Å². The SMILES string of the molecule is O=[SH](=O)O[C@@H]1CO[C@H](OC[C@@H](O[SH](=O)=O)[C@@H](OS(=O)(=O)O)[C@H](OS(=O)(=O)O)[C@@H](COS(=O)(=O)O)OS(=O)(=O)O)[C@@H](OS(=O)(=O)O)[C@@H]1OS(=O)(=O)O. The van der Waals surface area contributed by atoms with Gasteiger partial charge in [-0.3, -0.25) is 35.7 Å². The van der Waals surface area contributed by atoms with Crippen molar-refractivity contribution < 1.29 is 138 Å². The summed E-state index contributed by atoms with van der Waals surface area (Å²) in [7, 11) is -44.2. The van der Waals surface area contributed by atoms with Crippen LogP contribution in [0, 0.1) is 0 Å². The maximum Gasteiger partial charge on any atom is 0.397 e. The molecule has 0 aromatic heterocycles. The van der Waals surface area contributed by atoms with Crippen molar-refractivity contribution in [2.24, 2.45) is 0 Å². The lowest BCUT2D eigenvalue weighted by atomic mass is 10.0. The van der Waals surface area contributed by atoms with Crippen molar-refractivity contribution >= 4 is 84.4 Å². The van der Waals surface area contributed by atoms with E-state index in [1.165, 1.54) is 0 Å². The van der Waals surface area contributed by atoms with Gasteiger partial charge in [-0.1, -0.05) is 0 Å². The van der Waals surface area contributed by atoms with Gasteiger partial charge in [0.15, 0.2) is 12.4 Å². The number of hydrogen-bond acceptors (Lipinski definition) is 26. The highest BCUT2D eigenvalue weighted by molar-refractivity contribution is 7.82. The molecular weight excluding hydrogens is 901 g/mol. The second-order valence-corrected chi connectivity index (χ2v) is 16.1. The molecule has 40 heteroatoms. The van der Waals surface area contributed by atoms with E-state index in [0.29, 0.717) is 0 Å². The molecule has 8 atom stereocenters. The zero-order chi connectivity index (χ0) is 40.0. The maximum absolute atomic E-state index is 11.7. The Kier molecular flexibility index (Phi) is 17.4. The Labute approximate surface area is 289 Å². The summed E-state index contributed by atoms with van der Waals surface area (Å²) in [4.78, 5) is 0. The molecule has 0 bridgehead atoms. The zero-order valence-corrected chi connectivity index (χ0v) is 30.1. The normalized spacial score (nSPS) is 23.9. The third-order valence-electron chi connectivity index (χ3n) is 4.86. The Balaban J connectivity index is 3.91. The van der Waals surface area contributed by atoms with Gasteiger partial charge in [0.1, 0.15) is 36.6 Å². The minimum Gasteiger partial charge on any atom is -0.347 e. The van der Waals surface area contributed by atoms with Crippen LogP contribution in [-0.4, -0.2) is 163 Å². The van der Waals surface area contributed by atoms with Gasteiger partial charge in [-0.05, 0) is 0 Å². The van der Waals surface area contributed by atoms with Gasteiger partial charge in [-0.15, -0.1) is 0 Å². The molecule has 1 rings (SSSR count). The third-order valence-corrected chi connectivity index (χ3v) is 8.54. The molecule has 0 amide bonds. The predicted molar refractivity (Wildman–Crippen MR) is 146 cm³/mol. The molecule has 0 saturated carbocycles. The van der Waals surface area contributed by atoms with Crippen LogP contribution < -0.4 is 0 Å². The molecular formula is C11H22O32S8. The first-order valence-electron chi connectivity index (χ1n) is 11.4. The molecule has 0 spiro atoms. The summed E-state index contributed by atoms with van der Waals surface area (Å²) in [6.07, 6.45) is -23.9. The van der Waals surface area contributed by atoms with Crippen molar-refractivity contribution in [2.45, 2.75) is 49.0 Å². The van der Waals surface area contributed by atoms with Gasteiger partial charge in [-0.2, -0.15) is 50.5 Å². The van der Waals surface area contributed by atoms with Gasteiger partial charge >= 0.3 is 62.4 Å². The topological polar surface area (TPSA) is 487 Å². The standard InChI is InChI=1S/C11H22O32S8/c12-44(13)37-4(1-34-11-10(43-51(31,32)33)8(41-49(25,26)27)5(2-35-11)38-45(14)15)7(40-48(22,23)24)9(42-50(28,29)30)6(39-47(19,20)21)3-36-46(16,17)18/h4-11,44-45H,1-3H2,(H,16,17,18)(H,19,20,21)(H,22,23,24)(H,25,26,27)(H,28,29,30)(H,31,32,33)/t4-,5-,6-,7-,8-,9-,10+,11+/m1/s1. The Bertz CT molecular complexity index is 1990. The number of hydrogen-bond donors (Lipinski definition) is 8. The summed E-state index contributed by atoms with van der Waals surface area (Å²) in [5, 5.41) is 0. The Hall–Kier alpha value is -1.04. The van der Waals surface area contributed by atoms with E-state index in [1.54, 1.807) is 0 Å². The largest absolute Gasteiger partial charge is 0.397 e. The Morgan fingerprint density at radius 2 is 1.02 bits per heavy atom.